The molecule has 20 heavy (non-hydrogen) atoms. The number of rotatable bonds is 5. The molecule has 2 rings (SSSR count). The highest BCUT2D eigenvalue weighted by Crippen LogP contribution is 2.28. The van der Waals surface area contributed by atoms with Gasteiger partial charge < -0.3 is 9.84 Å². The van der Waals surface area contributed by atoms with E-state index >= 15 is 0 Å². The van der Waals surface area contributed by atoms with Crippen molar-refractivity contribution >= 4 is 0 Å². The Morgan fingerprint density at radius 2 is 2.00 bits per heavy atom. The van der Waals surface area contributed by atoms with Gasteiger partial charge in [-0.25, -0.2) is 0 Å². The molecule has 0 amide bonds. The van der Waals surface area contributed by atoms with Crippen LogP contribution in [0.4, 0.5) is 0 Å². The molecule has 0 aromatic heterocycles. The largest absolute Gasteiger partial charge is 0.496 e. The lowest BCUT2D eigenvalue weighted by atomic mass is 10.0. The summed E-state index contributed by atoms with van der Waals surface area (Å²) in [6.45, 7) is 8.21. The summed E-state index contributed by atoms with van der Waals surface area (Å²) in [6, 6.07) is 4.98. The third kappa shape index (κ3) is 3.53. The summed E-state index contributed by atoms with van der Waals surface area (Å²) < 4.78 is 5.43. The summed E-state index contributed by atoms with van der Waals surface area (Å²) in [4.78, 5) is 2.51. The minimum absolute atomic E-state index is 0.208. The van der Waals surface area contributed by atoms with Gasteiger partial charge in [0.25, 0.3) is 0 Å². The number of ether oxygens (including phenoxy) is 1. The smallest absolute Gasteiger partial charge is 0.124 e. The molecular formula is C17H27NO2. The van der Waals surface area contributed by atoms with E-state index in [1.54, 1.807) is 7.11 Å². The molecule has 2 atom stereocenters. The Balaban J connectivity index is 2.09. The molecule has 3 nitrogen and oxygen atoms in total. The van der Waals surface area contributed by atoms with Crippen LogP contribution in [0.25, 0.3) is 0 Å². The zero-order valence-electron chi connectivity index (χ0n) is 13.1. The fourth-order valence-corrected chi connectivity index (χ4v) is 3.45. The van der Waals surface area contributed by atoms with Crippen LogP contribution in [0, 0.1) is 13.8 Å². The average Bonchev–Trinajstić information content (AvgIpc) is 2.75. The molecule has 2 unspecified atom stereocenters. The number of benzene rings is 1. The third-order valence-electron chi connectivity index (χ3n) is 4.22. The zero-order chi connectivity index (χ0) is 14.7. The topological polar surface area (TPSA) is 32.7 Å². The lowest BCUT2D eigenvalue weighted by Crippen LogP contribution is -2.31. The number of likely N-dealkylation sites (tertiary alicyclic amines) is 1. The first-order valence-electron chi connectivity index (χ1n) is 7.57. The van der Waals surface area contributed by atoms with Crippen molar-refractivity contribution in [2.45, 2.75) is 58.7 Å². The monoisotopic (exact) mass is 277 g/mol. The first-order valence-corrected chi connectivity index (χ1v) is 7.57. The summed E-state index contributed by atoms with van der Waals surface area (Å²) in [5, 5.41) is 9.61. The molecule has 1 aliphatic heterocycles. The molecule has 3 heteroatoms. The van der Waals surface area contributed by atoms with Crippen LogP contribution in [0.1, 0.15) is 42.9 Å². The predicted octanol–water partition coefficient (Wildman–Crippen LogP) is 3.05. The molecule has 1 aromatic carbocycles. The Hall–Kier alpha value is -1.06. The minimum Gasteiger partial charge on any atom is -0.496 e. The molecule has 0 saturated carbocycles. The van der Waals surface area contributed by atoms with Crippen LogP contribution in [0.5, 0.6) is 5.75 Å². The second-order valence-electron chi connectivity index (χ2n) is 6.11. The summed E-state index contributed by atoms with van der Waals surface area (Å²) in [6.07, 6.45) is 3.12. The summed E-state index contributed by atoms with van der Waals surface area (Å²) in [7, 11) is 1.73. The first-order chi connectivity index (χ1) is 9.51. The van der Waals surface area contributed by atoms with E-state index in [0.29, 0.717) is 6.04 Å². The molecule has 1 fully saturated rings. The molecule has 0 spiro atoms. The molecule has 0 radical (unpaired) electrons. The van der Waals surface area contributed by atoms with Crippen LogP contribution in [-0.4, -0.2) is 35.8 Å². The molecule has 1 saturated heterocycles. The predicted molar refractivity (Wildman–Crippen MR) is 82.2 cm³/mol. The van der Waals surface area contributed by atoms with E-state index in [1.165, 1.54) is 29.5 Å². The van der Waals surface area contributed by atoms with Crippen LogP contribution in [0.2, 0.25) is 0 Å². The fourth-order valence-electron chi connectivity index (χ4n) is 3.45. The number of methoxy groups -OCH3 is 1. The highest BCUT2D eigenvalue weighted by Gasteiger charge is 2.25. The highest BCUT2D eigenvalue weighted by atomic mass is 16.5. The molecule has 1 heterocycles. The number of aliphatic hydroxyl groups is 1. The number of aliphatic hydroxyl groups excluding tert-OH is 1. The number of hydrogen-bond donors (Lipinski definition) is 1. The number of aryl methyl sites for hydroxylation is 2. The lowest BCUT2D eigenvalue weighted by Gasteiger charge is -2.26. The minimum atomic E-state index is -0.208. The Morgan fingerprint density at radius 1 is 1.35 bits per heavy atom. The Morgan fingerprint density at radius 3 is 2.55 bits per heavy atom. The van der Waals surface area contributed by atoms with Crippen molar-refractivity contribution in [3.8, 4) is 5.75 Å². The lowest BCUT2D eigenvalue weighted by molar-refractivity contribution is 0.131. The summed E-state index contributed by atoms with van der Waals surface area (Å²) >= 11 is 0. The van der Waals surface area contributed by atoms with Crippen LogP contribution in [0.15, 0.2) is 12.1 Å². The normalized spacial score (nSPS) is 21.1. The standard InChI is InChI=1S/C17H27NO2/c1-12-8-15(9-13(2)17(12)20-4)11-18-7-5-6-16(18)10-14(3)19/h8-9,14,16,19H,5-7,10-11H2,1-4H3. The molecule has 112 valence electrons. The molecular weight excluding hydrogens is 250 g/mol. The molecule has 0 aliphatic carbocycles. The van der Waals surface area contributed by atoms with E-state index in [0.717, 1.165) is 25.3 Å². The van der Waals surface area contributed by atoms with Gasteiger partial charge in [0, 0.05) is 12.6 Å². The van der Waals surface area contributed by atoms with E-state index < -0.39 is 0 Å². The SMILES string of the molecule is COc1c(C)cc(CN2CCCC2CC(C)O)cc1C. The van der Waals surface area contributed by atoms with Crippen LogP contribution in [0.3, 0.4) is 0 Å². The van der Waals surface area contributed by atoms with E-state index in [9.17, 15) is 5.11 Å². The van der Waals surface area contributed by atoms with E-state index in [1.807, 2.05) is 6.92 Å². The number of hydrogen-bond acceptors (Lipinski definition) is 3. The van der Waals surface area contributed by atoms with Crippen molar-refractivity contribution < 1.29 is 9.84 Å². The van der Waals surface area contributed by atoms with Gasteiger partial charge in [0.05, 0.1) is 13.2 Å². The van der Waals surface area contributed by atoms with Gasteiger partial charge in [-0.1, -0.05) is 12.1 Å². The Labute approximate surface area is 122 Å². The van der Waals surface area contributed by atoms with E-state index in [4.69, 9.17) is 4.74 Å². The van der Waals surface area contributed by atoms with Crippen molar-refractivity contribution in [3.05, 3.63) is 28.8 Å². The Kier molecular flexibility index (Phi) is 5.06. The van der Waals surface area contributed by atoms with Gasteiger partial charge in [0.2, 0.25) is 0 Å². The maximum Gasteiger partial charge on any atom is 0.124 e. The molecule has 0 bridgehead atoms. The molecule has 1 aliphatic rings. The maximum absolute atomic E-state index is 9.61. The quantitative estimate of drug-likeness (QED) is 0.898. The first kappa shape index (κ1) is 15.3. The van der Waals surface area contributed by atoms with Crippen molar-refractivity contribution in [1.82, 2.24) is 4.90 Å². The van der Waals surface area contributed by atoms with E-state index in [-0.39, 0.29) is 6.10 Å². The maximum atomic E-state index is 9.61. The van der Waals surface area contributed by atoms with Crippen LogP contribution in [-0.2, 0) is 6.54 Å². The van der Waals surface area contributed by atoms with Crippen LogP contribution < -0.4 is 4.74 Å². The molecule has 1 aromatic rings. The number of nitrogens with zero attached hydrogens (tertiary/aromatic N) is 1. The Bertz CT molecular complexity index is 433. The van der Waals surface area contributed by atoms with Crippen molar-refractivity contribution in [2.24, 2.45) is 0 Å². The van der Waals surface area contributed by atoms with Gasteiger partial charge in [-0.3, -0.25) is 4.90 Å². The van der Waals surface area contributed by atoms with Crippen molar-refractivity contribution in [3.63, 3.8) is 0 Å². The molecule has 1 N–H and O–H groups in total. The second kappa shape index (κ2) is 6.59. The summed E-state index contributed by atoms with van der Waals surface area (Å²) in [5.41, 5.74) is 3.75. The van der Waals surface area contributed by atoms with Crippen molar-refractivity contribution in [2.75, 3.05) is 13.7 Å². The van der Waals surface area contributed by atoms with Gasteiger partial charge in [0.15, 0.2) is 0 Å². The average molecular weight is 277 g/mol. The van der Waals surface area contributed by atoms with Gasteiger partial charge in [-0.05, 0) is 63.3 Å². The zero-order valence-corrected chi connectivity index (χ0v) is 13.1. The van der Waals surface area contributed by atoms with Crippen LogP contribution >= 0.6 is 0 Å². The summed E-state index contributed by atoms with van der Waals surface area (Å²) in [5.74, 6) is 0.996. The van der Waals surface area contributed by atoms with E-state index in [2.05, 4.69) is 30.9 Å². The fraction of sp³-hybridized carbons (Fsp3) is 0.647. The third-order valence-corrected chi connectivity index (χ3v) is 4.22. The second-order valence-corrected chi connectivity index (χ2v) is 6.11. The van der Waals surface area contributed by atoms with Gasteiger partial charge in [-0.15, -0.1) is 0 Å². The van der Waals surface area contributed by atoms with Gasteiger partial charge in [0.1, 0.15) is 5.75 Å². The van der Waals surface area contributed by atoms with Crippen molar-refractivity contribution in [1.29, 1.82) is 0 Å². The van der Waals surface area contributed by atoms with Gasteiger partial charge >= 0.3 is 0 Å². The highest BCUT2D eigenvalue weighted by molar-refractivity contribution is 5.43. The van der Waals surface area contributed by atoms with Gasteiger partial charge in [-0.2, -0.15) is 0 Å².